The maximum atomic E-state index is 13.1. The largest absolute Gasteiger partial charge is 0.472 e. The van der Waals surface area contributed by atoms with Crippen LogP contribution < -0.4 is 0 Å². The maximum Gasteiger partial charge on any atom is 0.472 e. The van der Waals surface area contributed by atoms with E-state index in [1.54, 1.807) is 0 Å². The fourth-order valence-corrected chi connectivity index (χ4v) is 13.3. The van der Waals surface area contributed by atoms with Crippen molar-refractivity contribution in [3.63, 3.8) is 0 Å². The van der Waals surface area contributed by atoms with Gasteiger partial charge >= 0.3 is 39.5 Å². The second kappa shape index (κ2) is 67.5. The lowest BCUT2D eigenvalue weighted by atomic mass is 9.99. The van der Waals surface area contributed by atoms with Gasteiger partial charge in [0.05, 0.1) is 26.4 Å². The Balaban J connectivity index is 5.18. The van der Waals surface area contributed by atoms with E-state index in [0.717, 1.165) is 108 Å². The lowest BCUT2D eigenvalue weighted by Crippen LogP contribution is -2.30. The van der Waals surface area contributed by atoms with Gasteiger partial charge in [0.15, 0.2) is 12.2 Å². The molecule has 0 aromatic heterocycles. The van der Waals surface area contributed by atoms with Gasteiger partial charge in [-0.1, -0.05) is 344 Å². The lowest BCUT2D eigenvalue weighted by molar-refractivity contribution is -0.161. The van der Waals surface area contributed by atoms with Crippen molar-refractivity contribution >= 4 is 39.5 Å². The highest BCUT2D eigenvalue weighted by Crippen LogP contribution is 2.45. The standard InChI is InChI=1S/C77H150O17P2/c1-8-10-11-12-13-14-30-37-44-51-58-74(79)87-64-73(94-77(82)61-54-47-40-33-26-28-35-42-49-56-69(5)6)67-92-96(85,86)90-63-71(78)62-89-95(83,84)91-66-72(65-88-75(80)59-52-45-38-32-25-27-34-41-48-55-68(3)4)93-76(81)60-53-46-39-31-24-22-20-18-16-15-17-19-21-23-29-36-43-50-57-70(7)9-2/h68-73,78H,8-67H2,1-7H3,(H,83,84)(H,85,86)/t70?,71-,72-,73-/m1/s1. The Kier molecular flexibility index (Phi) is 66.2. The summed E-state index contributed by atoms with van der Waals surface area (Å²) in [6.07, 6.45) is 54.2. The maximum absolute atomic E-state index is 13.1. The van der Waals surface area contributed by atoms with Crippen LogP contribution in [0.1, 0.15) is 395 Å². The van der Waals surface area contributed by atoms with Crippen LogP contribution in [0.5, 0.6) is 0 Å². The molecule has 3 N–H and O–H groups in total. The fraction of sp³-hybridized carbons (Fsp3) is 0.948. The zero-order valence-corrected chi connectivity index (χ0v) is 64.6. The zero-order valence-electron chi connectivity index (χ0n) is 62.8. The normalized spacial score (nSPS) is 14.3. The Morgan fingerprint density at radius 2 is 0.531 bits per heavy atom. The third-order valence-electron chi connectivity index (χ3n) is 18.2. The number of unbranched alkanes of at least 4 members (excludes halogenated alkanes) is 42. The highest BCUT2D eigenvalue weighted by Gasteiger charge is 2.30. The van der Waals surface area contributed by atoms with Gasteiger partial charge < -0.3 is 33.8 Å². The van der Waals surface area contributed by atoms with Gasteiger partial charge in [0.1, 0.15) is 19.3 Å². The molecule has 0 saturated heterocycles. The number of aliphatic hydroxyl groups excluding tert-OH is 1. The molecular formula is C77H150O17P2. The molecule has 0 aliphatic heterocycles. The van der Waals surface area contributed by atoms with E-state index in [1.165, 1.54) is 205 Å². The Bertz CT molecular complexity index is 1870. The van der Waals surface area contributed by atoms with Crippen molar-refractivity contribution in [3.8, 4) is 0 Å². The van der Waals surface area contributed by atoms with Gasteiger partial charge in [0.2, 0.25) is 0 Å². The molecule has 17 nitrogen and oxygen atoms in total. The van der Waals surface area contributed by atoms with Gasteiger partial charge in [0, 0.05) is 25.7 Å². The Morgan fingerprint density at radius 3 is 0.792 bits per heavy atom. The predicted octanol–water partition coefficient (Wildman–Crippen LogP) is 22.6. The molecular weight excluding hydrogens is 1260 g/mol. The Hall–Kier alpha value is -1.94. The molecule has 0 aliphatic carbocycles. The molecule has 0 radical (unpaired) electrons. The van der Waals surface area contributed by atoms with Gasteiger partial charge in [-0.15, -0.1) is 0 Å². The first-order valence-corrected chi connectivity index (χ1v) is 42.9. The summed E-state index contributed by atoms with van der Waals surface area (Å²) in [5.74, 6) is 0.233. The van der Waals surface area contributed by atoms with E-state index in [4.69, 9.17) is 37.0 Å². The number of phosphoric acid groups is 2. The van der Waals surface area contributed by atoms with Crippen LogP contribution in [0.4, 0.5) is 0 Å². The number of hydrogen-bond acceptors (Lipinski definition) is 15. The van der Waals surface area contributed by atoms with Crippen LogP contribution in [-0.2, 0) is 65.4 Å². The smallest absolute Gasteiger partial charge is 0.462 e. The third-order valence-corrected chi connectivity index (χ3v) is 20.1. The number of carbonyl (C=O) groups is 4. The highest BCUT2D eigenvalue weighted by molar-refractivity contribution is 7.47. The molecule has 570 valence electrons. The van der Waals surface area contributed by atoms with Crippen molar-refractivity contribution in [1.82, 2.24) is 0 Å². The molecule has 0 saturated carbocycles. The number of rotatable bonds is 75. The number of hydrogen-bond donors (Lipinski definition) is 3. The molecule has 0 heterocycles. The van der Waals surface area contributed by atoms with E-state index >= 15 is 0 Å². The first-order chi connectivity index (χ1) is 46.3. The molecule has 0 aromatic carbocycles. The summed E-state index contributed by atoms with van der Waals surface area (Å²) >= 11 is 0. The lowest BCUT2D eigenvalue weighted by Gasteiger charge is -2.21. The molecule has 6 atom stereocenters. The summed E-state index contributed by atoms with van der Waals surface area (Å²) in [5.41, 5.74) is 0. The molecule has 0 bridgehead atoms. The number of phosphoric ester groups is 2. The van der Waals surface area contributed by atoms with E-state index < -0.39 is 97.5 Å². The molecule has 0 amide bonds. The van der Waals surface area contributed by atoms with Gasteiger partial charge in [-0.2, -0.15) is 0 Å². The highest BCUT2D eigenvalue weighted by atomic mass is 31.2. The van der Waals surface area contributed by atoms with E-state index in [9.17, 15) is 43.2 Å². The van der Waals surface area contributed by atoms with Crippen molar-refractivity contribution in [1.29, 1.82) is 0 Å². The number of carbonyl (C=O) groups excluding carboxylic acids is 4. The topological polar surface area (TPSA) is 237 Å². The molecule has 96 heavy (non-hydrogen) atoms. The summed E-state index contributed by atoms with van der Waals surface area (Å²) in [6.45, 7) is 11.9. The average molecular weight is 1410 g/mol. The molecule has 0 aliphatic rings. The number of esters is 4. The minimum atomic E-state index is -4.96. The van der Waals surface area contributed by atoms with E-state index in [0.29, 0.717) is 25.7 Å². The van der Waals surface area contributed by atoms with Gasteiger partial charge in [-0.3, -0.25) is 37.3 Å². The molecule has 3 unspecified atom stereocenters. The van der Waals surface area contributed by atoms with Crippen LogP contribution in [0, 0.1) is 17.8 Å². The minimum absolute atomic E-state index is 0.105. The Labute approximate surface area is 588 Å². The van der Waals surface area contributed by atoms with Crippen molar-refractivity contribution in [2.24, 2.45) is 17.8 Å². The summed E-state index contributed by atoms with van der Waals surface area (Å²) in [6, 6.07) is 0. The quantitative estimate of drug-likeness (QED) is 0.0222. The third kappa shape index (κ3) is 69.2. The van der Waals surface area contributed by atoms with Crippen molar-refractivity contribution in [3.05, 3.63) is 0 Å². The molecule has 0 aromatic rings. The molecule has 0 spiro atoms. The van der Waals surface area contributed by atoms with E-state index in [2.05, 4.69) is 48.5 Å². The van der Waals surface area contributed by atoms with Crippen molar-refractivity contribution in [2.45, 2.75) is 414 Å². The number of aliphatic hydroxyl groups is 1. The summed E-state index contributed by atoms with van der Waals surface area (Å²) in [5, 5.41) is 10.6. The van der Waals surface area contributed by atoms with Crippen LogP contribution >= 0.6 is 15.6 Å². The second-order valence-electron chi connectivity index (χ2n) is 28.9. The van der Waals surface area contributed by atoms with Crippen LogP contribution in [0.25, 0.3) is 0 Å². The van der Waals surface area contributed by atoms with E-state index in [1.807, 2.05) is 0 Å². The van der Waals surface area contributed by atoms with Gasteiger partial charge in [-0.25, -0.2) is 9.13 Å². The van der Waals surface area contributed by atoms with Crippen LogP contribution in [0.2, 0.25) is 0 Å². The predicted molar refractivity (Wildman–Crippen MR) is 391 cm³/mol. The summed E-state index contributed by atoms with van der Waals surface area (Å²) in [7, 11) is -9.91. The van der Waals surface area contributed by atoms with E-state index in [-0.39, 0.29) is 25.7 Å². The average Bonchev–Trinajstić information content (AvgIpc) is 2.00. The number of ether oxygens (including phenoxy) is 4. The fourth-order valence-electron chi connectivity index (χ4n) is 11.7. The first-order valence-electron chi connectivity index (χ1n) is 39.9. The Morgan fingerprint density at radius 1 is 0.302 bits per heavy atom. The SMILES string of the molecule is CCCCCCCCCCCCC(=O)OC[C@H](COP(=O)(O)OC[C@H](O)COP(=O)(O)OC[C@@H](COC(=O)CCCCCCCCCCCC(C)C)OC(=O)CCCCCCCCCCCCCCCCCCCCC(C)CC)OC(=O)CCCCCCCCCCCC(C)C. The molecule has 0 rings (SSSR count). The second-order valence-corrected chi connectivity index (χ2v) is 31.8. The summed E-state index contributed by atoms with van der Waals surface area (Å²) in [4.78, 5) is 72.8. The van der Waals surface area contributed by atoms with Crippen LogP contribution in [0.15, 0.2) is 0 Å². The van der Waals surface area contributed by atoms with Crippen molar-refractivity contribution in [2.75, 3.05) is 39.6 Å². The molecule has 19 heteroatoms. The zero-order chi connectivity index (χ0) is 70.9. The van der Waals surface area contributed by atoms with Crippen molar-refractivity contribution < 1.29 is 80.2 Å². The monoisotopic (exact) mass is 1410 g/mol. The molecule has 0 fully saturated rings. The summed E-state index contributed by atoms with van der Waals surface area (Å²) < 4.78 is 68.5. The minimum Gasteiger partial charge on any atom is -0.462 e. The van der Waals surface area contributed by atoms with Gasteiger partial charge in [0.25, 0.3) is 0 Å². The first kappa shape index (κ1) is 94.1. The van der Waals surface area contributed by atoms with Crippen LogP contribution in [0.3, 0.4) is 0 Å². The van der Waals surface area contributed by atoms with Crippen LogP contribution in [-0.4, -0.2) is 96.7 Å². The van der Waals surface area contributed by atoms with Gasteiger partial charge in [-0.05, 0) is 43.4 Å².